The van der Waals surface area contributed by atoms with Crippen LogP contribution in [0.5, 0.6) is 5.75 Å². The van der Waals surface area contributed by atoms with Gasteiger partial charge in [0.1, 0.15) is 11.9 Å². The Kier molecular flexibility index (Phi) is 8.37. The van der Waals surface area contributed by atoms with Crippen LogP contribution >= 0.6 is 12.4 Å². The molecule has 0 fully saturated rings. The Morgan fingerprint density at radius 3 is 2.59 bits per heavy atom. The third kappa shape index (κ3) is 5.74. The molecule has 2 atom stereocenters. The quantitative estimate of drug-likeness (QED) is 0.270. The van der Waals surface area contributed by atoms with Crippen LogP contribution in [0.3, 0.4) is 0 Å². The minimum atomic E-state index is -0.888. The number of para-hydroxylation sites is 2. The Labute approximate surface area is 224 Å². The van der Waals surface area contributed by atoms with Gasteiger partial charge in [-0.15, -0.1) is 12.4 Å². The Balaban J connectivity index is 0.00000320. The lowest BCUT2D eigenvalue weighted by molar-refractivity contribution is 0.0696. The van der Waals surface area contributed by atoms with E-state index in [9.17, 15) is 9.90 Å². The lowest BCUT2D eigenvalue weighted by Crippen LogP contribution is -2.41. The second-order valence-corrected chi connectivity index (χ2v) is 9.52. The topological polar surface area (TPSA) is 61.8 Å². The normalized spacial score (nSPS) is 15.4. The number of carboxylic acid groups (broad SMARTS) is 1. The van der Waals surface area contributed by atoms with Crippen molar-refractivity contribution >= 4 is 34.8 Å². The van der Waals surface area contributed by atoms with Gasteiger partial charge in [0, 0.05) is 12.6 Å². The van der Waals surface area contributed by atoms with Crippen molar-refractivity contribution in [2.24, 2.45) is 0 Å². The monoisotopic (exact) mass is 516 g/mol. The van der Waals surface area contributed by atoms with Crippen molar-refractivity contribution in [3.05, 3.63) is 107 Å². The fourth-order valence-electron chi connectivity index (χ4n) is 5.17. The van der Waals surface area contributed by atoms with Crippen LogP contribution in [-0.4, -0.2) is 30.3 Å². The van der Waals surface area contributed by atoms with Crippen molar-refractivity contribution in [2.45, 2.75) is 39.0 Å². The molecule has 4 aromatic carbocycles. The summed E-state index contributed by atoms with van der Waals surface area (Å²) < 4.78 is 6.37. The molecular formula is C31H33ClN2O3. The lowest BCUT2D eigenvalue weighted by atomic mass is 9.99. The molecule has 4 aromatic rings. The van der Waals surface area contributed by atoms with Crippen molar-refractivity contribution in [3.63, 3.8) is 0 Å². The van der Waals surface area contributed by atoms with E-state index in [1.54, 1.807) is 6.07 Å². The molecule has 1 heterocycles. The molecule has 37 heavy (non-hydrogen) atoms. The number of nitrogens with zero attached hydrogens (tertiary/aromatic N) is 1. The van der Waals surface area contributed by atoms with E-state index in [2.05, 4.69) is 65.7 Å². The molecule has 0 aliphatic carbocycles. The van der Waals surface area contributed by atoms with E-state index in [0.29, 0.717) is 12.1 Å². The molecule has 192 valence electrons. The first-order chi connectivity index (χ1) is 17.5. The summed E-state index contributed by atoms with van der Waals surface area (Å²) in [6.07, 6.45) is 0.906. The number of hydrogen-bond donors (Lipinski definition) is 2. The smallest absolute Gasteiger partial charge is 0.335 e. The summed E-state index contributed by atoms with van der Waals surface area (Å²) in [5.41, 5.74) is 4.55. The SMILES string of the molecule is Cc1c(CN2CC(CCN[C@H](C)c3cccc4ccccc34)Oc3ccccc32)cccc1C(=O)O.Cl. The molecule has 2 N–H and O–H groups in total. The third-order valence-electron chi connectivity index (χ3n) is 7.17. The summed E-state index contributed by atoms with van der Waals surface area (Å²) in [6.45, 7) is 6.32. The van der Waals surface area contributed by atoms with E-state index in [4.69, 9.17) is 4.74 Å². The van der Waals surface area contributed by atoms with E-state index in [0.717, 1.165) is 42.1 Å². The molecule has 1 unspecified atom stereocenters. The number of ether oxygens (including phenoxy) is 1. The van der Waals surface area contributed by atoms with E-state index < -0.39 is 5.97 Å². The van der Waals surface area contributed by atoms with Gasteiger partial charge in [0.05, 0.1) is 17.8 Å². The second kappa shape index (κ2) is 11.7. The summed E-state index contributed by atoms with van der Waals surface area (Å²) >= 11 is 0. The molecule has 5 rings (SSSR count). The molecule has 1 aliphatic rings. The van der Waals surface area contributed by atoms with Gasteiger partial charge in [-0.25, -0.2) is 4.79 Å². The highest BCUT2D eigenvalue weighted by atomic mass is 35.5. The number of hydrogen-bond acceptors (Lipinski definition) is 4. The largest absolute Gasteiger partial charge is 0.486 e. The highest BCUT2D eigenvalue weighted by Gasteiger charge is 2.26. The molecule has 1 aliphatic heterocycles. The van der Waals surface area contributed by atoms with Gasteiger partial charge >= 0.3 is 5.97 Å². The van der Waals surface area contributed by atoms with Crippen LogP contribution < -0.4 is 15.0 Å². The summed E-state index contributed by atoms with van der Waals surface area (Å²) in [6, 6.07) is 28.8. The Hall–Kier alpha value is -3.54. The van der Waals surface area contributed by atoms with Gasteiger partial charge in [0.2, 0.25) is 0 Å². The summed E-state index contributed by atoms with van der Waals surface area (Å²) in [7, 11) is 0. The van der Waals surface area contributed by atoms with Gasteiger partial charge in [0.25, 0.3) is 0 Å². The molecule has 0 saturated heterocycles. The number of carbonyl (C=O) groups is 1. The fraction of sp³-hybridized carbons (Fsp3) is 0.258. The van der Waals surface area contributed by atoms with Crippen LogP contribution in [0.15, 0.2) is 84.9 Å². The average molecular weight is 517 g/mol. The number of carboxylic acids is 1. The summed E-state index contributed by atoms with van der Waals surface area (Å²) in [4.78, 5) is 13.9. The summed E-state index contributed by atoms with van der Waals surface area (Å²) in [5.74, 6) is -0.0103. The average Bonchev–Trinajstić information content (AvgIpc) is 2.89. The minimum Gasteiger partial charge on any atom is -0.486 e. The van der Waals surface area contributed by atoms with Crippen molar-refractivity contribution in [1.29, 1.82) is 0 Å². The first-order valence-electron chi connectivity index (χ1n) is 12.5. The van der Waals surface area contributed by atoms with Crippen molar-refractivity contribution < 1.29 is 14.6 Å². The maximum atomic E-state index is 11.6. The lowest BCUT2D eigenvalue weighted by Gasteiger charge is -2.37. The van der Waals surface area contributed by atoms with Crippen LogP contribution in [0.4, 0.5) is 5.69 Å². The van der Waals surface area contributed by atoms with Crippen molar-refractivity contribution in [3.8, 4) is 5.75 Å². The predicted octanol–water partition coefficient (Wildman–Crippen LogP) is 6.78. The van der Waals surface area contributed by atoms with Gasteiger partial charge in [-0.05, 0) is 72.5 Å². The number of nitrogens with one attached hydrogen (secondary N) is 1. The van der Waals surface area contributed by atoms with E-state index in [-0.39, 0.29) is 24.6 Å². The van der Waals surface area contributed by atoms with Crippen LogP contribution in [0.25, 0.3) is 10.8 Å². The van der Waals surface area contributed by atoms with Crippen LogP contribution in [0.1, 0.15) is 46.4 Å². The second-order valence-electron chi connectivity index (χ2n) is 9.52. The summed E-state index contributed by atoms with van der Waals surface area (Å²) in [5, 5.41) is 15.8. The number of benzene rings is 4. The van der Waals surface area contributed by atoms with Crippen molar-refractivity contribution in [1.82, 2.24) is 5.32 Å². The van der Waals surface area contributed by atoms with Gasteiger partial charge in [0.15, 0.2) is 0 Å². The van der Waals surface area contributed by atoms with Gasteiger partial charge in [-0.2, -0.15) is 0 Å². The van der Waals surface area contributed by atoms with Gasteiger partial charge in [-0.1, -0.05) is 66.7 Å². The number of halogens is 1. The van der Waals surface area contributed by atoms with Crippen LogP contribution in [-0.2, 0) is 6.54 Å². The van der Waals surface area contributed by atoms with E-state index >= 15 is 0 Å². The zero-order chi connectivity index (χ0) is 25.1. The molecule has 0 bridgehead atoms. The molecule has 0 amide bonds. The Morgan fingerprint density at radius 1 is 1.03 bits per heavy atom. The molecule has 0 saturated carbocycles. The zero-order valence-corrected chi connectivity index (χ0v) is 22.0. The van der Waals surface area contributed by atoms with E-state index in [1.807, 2.05) is 37.3 Å². The van der Waals surface area contributed by atoms with Gasteiger partial charge in [-0.3, -0.25) is 0 Å². The predicted molar refractivity (Wildman–Crippen MR) is 152 cm³/mol. The zero-order valence-electron chi connectivity index (χ0n) is 21.2. The molecule has 6 heteroatoms. The number of fused-ring (bicyclic) bond motifs is 2. The molecular weight excluding hydrogens is 484 g/mol. The molecule has 0 radical (unpaired) electrons. The number of rotatable bonds is 8. The van der Waals surface area contributed by atoms with Crippen molar-refractivity contribution in [2.75, 3.05) is 18.0 Å². The molecule has 0 spiro atoms. The standard InChI is InChI=1S/C31H32N2O3.ClH/c1-21-24(11-8-13-26(21)31(34)35)19-33-20-25(36-30-16-6-5-15-29(30)33)17-18-32-22(2)27-14-7-10-23-9-3-4-12-28(23)27;/h3-16,22,25,32H,17-20H2,1-2H3,(H,34,35);1H/t22-,25?;/m1./s1. The van der Waals surface area contributed by atoms with Crippen LogP contribution in [0.2, 0.25) is 0 Å². The third-order valence-corrected chi connectivity index (χ3v) is 7.17. The fourth-order valence-corrected chi connectivity index (χ4v) is 5.17. The van der Waals surface area contributed by atoms with Crippen LogP contribution in [0, 0.1) is 6.92 Å². The maximum absolute atomic E-state index is 11.6. The highest BCUT2D eigenvalue weighted by Crippen LogP contribution is 2.35. The van der Waals surface area contributed by atoms with E-state index in [1.165, 1.54) is 16.3 Å². The highest BCUT2D eigenvalue weighted by molar-refractivity contribution is 5.89. The Morgan fingerprint density at radius 2 is 1.76 bits per heavy atom. The Bertz CT molecular complexity index is 1380. The molecule has 5 nitrogen and oxygen atoms in total. The molecule has 0 aromatic heterocycles. The maximum Gasteiger partial charge on any atom is 0.335 e. The number of aromatic carboxylic acids is 1. The van der Waals surface area contributed by atoms with Gasteiger partial charge < -0.3 is 20.1 Å². The first kappa shape index (κ1) is 26.5. The minimum absolute atomic E-state index is 0. The number of anilines is 1. The first-order valence-corrected chi connectivity index (χ1v) is 12.5.